The van der Waals surface area contributed by atoms with Gasteiger partial charge in [-0.05, 0) is 77.3 Å². The molecule has 0 aliphatic carbocycles. The van der Waals surface area contributed by atoms with Crippen LogP contribution in [0.3, 0.4) is 0 Å². The average Bonchev–Trinajstić information content (AvgIpc) is 2.38. The number of hydrogen-bond donors (Lipinski definition) is 2. The number of carbonyl (C=O) groups is 2. The van der Waals surface area contributed by atoms with Crippen molar-refractivity contribution in [1.82, 2.24) is 0 Å². The predicted octanol–water partition coefficient (Wildman–Crippen LogP) is 4.42. The van der Waals surface area contributed by atoms with Crippen molar-refractivity contribution in [3.05, 3.63) is 46.3 Å². The number of allylic oxidation sites excluding steroid dienone is 4. The summed E-state index contributed by atoms with van der Waals surface area (Å²) in [6.45, 7) is 12.9. The van der Waals surface area contributed by atoms with E-state index in [4.69, 9.17) is 0 Å². The van der Waals surface area contributed by atoms with Gasteiger partial charge in [-0.3, -0.25) is 9.59 Å². The van der Waals surface area contributed by atoms with E-state index in [1.165, 1.54) is 13.8 Å². The molecule has 0 saturated carbocycles. The maximum Gasteiger partial charge on any atom is 0.154 e. The Morgan fingerprint density at radius 3 is 1.43 bits per heavy atom. The lowest BCUT2D eigenvalue weighted by Crippen LogP contribution is -2.07. The Kier molecular flexibility index (Phi) is 6.31. The standard InChI is InChI=1S/C19H26N2O2/c1-11-8-12(2)19(21-14(4)10-16(6)23)17(7)18(11)20-13(3)9-15(5)22/h8-10,20-21H,1-7H3/b13-9+,14-10+. The normalized spacial score (nSPS) is 12.1. The number of benzene rings is 1. The molecule has 0 amide bonds. The van der Waals surface area contributed by atoms with Crippen molar-refractivity contribution < 1.29 is 9.59 Å². The van der Waals surface area contributed by atoms with Crippen LogP contribution in [0.25, 0.3) is 0 Å². The second-order valence-corrected chi connectivity index (χ2v) is 6.01. The average molecular weight is 314 g/mol. The molecular formula is C19H26N2O2. The van der Waals surface area contributed by atoms with E-state index in [9.17, 15) is 9.59 Å². The predicted molar refractivity (Wildman–Crippen MR) is 96.8 cm³/mol. The van der Waals surface area contributed by atoms with Crippen LogP contribution in [0.15, 0.2) is 29.6 Å². The van der Waals surface area contributed by atoms with Crippen molar-refractivity contribution in [2.24, 2.45) is 0 Å². The summed E-state index contributed by atoms with van der Waals surface area (Å²) in [5, 5.41) is 6.61. The van der Waals surface area contributed by atoms with Crippen LogP contribution in [0.4, 0.5) is 11.4 Å². The fourth-order valence-electron chi connectivity index (χ4n) is 2.65. The summed E-state index contributed by atoms with van der Waals surface area (Å²) in [5.74, 6) is 0.0204. The number of nitrogens with one attached hydrogen (secondary N) is 2. The van der Waals surface area contributed by atoms with Crippen molar-refractivity contribution in [2.45, 2.75) is 48.5 Å². The summed E-state index contributed by atoms with van der Waals surface area (Å²) < 4.78 is 0. The molecule has 0 spiro atoms. The molecule has 1 aromatic rings. The van der Waals surface area contributed by atoms with Gasteiger partial charge < -0.3 is 10.6 Å². The monoisotopic (exact) mass is 314 g/mol. The summed E-state index contributed by atoms with van der Waals surface area (Å²) in [4.78, 5) is 22.4. The fraction of sp³-hybridized carbons (Fsp3) is 0.368. The number of rotatable bonds is 6. The molecule has 23 heavy (non-hydrogen) atoms. The first kappa shape index (κ1) is 18.7. The van der Waals surface area contributed by atoms with Crippen LogP contribution in [-0.2, 0) is 9.59 Å². The lowest BCUT2D eigenvalue weighted by Gasteiger charge is -2.20. The highest BCUT2D eigenvalue weighted by Crippen LogP contribution is 2.32. The highest BCUT2D eigenvalue weighted by Gasteiger charge is 2.12. The SMILES string of the molecule is CC(=O)/C=C(\C)Nc1c(C)cc(C)c(N/C(C)=C/C(C)=O)c1C. The van der Waals surface area contributed by atoms with E-state index in [0.717, 1.165) is 39.5 Å². The zero-order chi connectivity index (χ0) is 17.7. The van der Waals surface area contributed by atoms with Crippen molar-refractivity contribution in [2.75, 3.05) is 10.6 Å². The summed E-state index contributed by atoms with van der Waals surface area (Å²) in [7, 11) is 0. The molecule has 0 atom stereocenters. The van der Waals surface area contributed by atoms with Crippen molar-refractivity contribution in [3.63, 3.8) is 0 Å². The van der Waals surface area contributed by atoms with Gasteiger partial charge in [0.25, 0.3) is 0 Å². The van der Waals surface area contributed by atoms with Crippen molar-refractivity contribution in [3.8, 4) is 0 Å². The molecule has 0 aliphatic rings. The molecule has 1 rings (SSSR count). The van der Waals surface area contributed by atoms with E-state index in [1.807, 2.05) is 34.6 Å². The van der Waals surface area contributed by atoms with E-state index >= 15 is 0 Å². The Labute approximate surface area is 138 Å². The molecule has 0 saturated heterocycles. The maximum absolute atomic E-state index is 11.2. The number of anilines is 2. The Morgan fingerprint density at radius 2 is 1.13 bits per heavy atom. The third-order valence-electron chi connectivity index (χ3n) is 3.46. The van der Waals surface area contributed by atoms with Gasteiger partial charge in [0, 0.05) is 22.8 Å². The van der Waals surface area contributed by atoms with Crippen molar-refractivity contribution in [1.29, 1.82) is 0 Å². The molecule has 0 fully saturated rings. The van der Waals surface area contributed by atoms with Gasteiger partial charge in [-0.25, -0.2) is 0 Å². The van der Waals surface area contributed by atoms with Gasteiger partial charge in [0.05, 0.1) is 0 Å². The highest BCUT2D eigenvalue weighted by molar-refractivity contribution is 5.89. The van der Waals surface area contributed by atoms with Crippen LogP contribution in [0.1, 0.15) is 44.4 Å². The molecule has 124 valence electrons. The molecule has 0 radical (unpaired) electrons. The Hall–Kier alpha value is -2.36. The van der Waals surface area contributed by atoms with Crippen LogP contribution in [0, 0.1) is 20.8 Å². The van der Waals surface area contributed by atoms with Gasteiger partial charge in [-0.2, -0.15) is 0 Å². The van der Waals surface area contributed by atoms with E-state index < -0.39 is 0 Å². The number of aryl methyl sites for hydroxylation is 2. The minimum Gasteiger partial charge on any atom is -0.359 e. The number of hydrogen-bond acceptors (Lipinski definition) is 4. The van der Waals surface area contributed by atoms with Gasteiger partial charge >= 0.3 is 0 Å². The molecule has 0 aromatic heterocycles. The number of carbonyl (C=O) groups excluding carboxylic acids is 2. The van der Waals surface area contributed by atoms with Gasteiger partial charge in [0.1, 0.15) is 0 Å². The summed E-state index contributed by atoms with van der Waals surface area (Å²) in [6, 6.07) is 2.08. The third kappa shape index (κ3) is 5.40. The zero-order valence-corrected chi connectivity index (χ0v) is 15.0. The molecule has 0 heterocycles. The first-order valence-corrected chi connectivity index (χ1v) is 7.64. The highest BCUT2D eigenvalue weighted by atomic mass is 16.1. The zero-order valence-electron chi connectivity index (χ0n) is 15.0. The third-order valence-corrected chi connectivity index (χ3v) is 3.46. The summed E-state index contributed by atoms with van der Waals surface area (Å²) >= 11 is 0. The second kappa shape index (κ2) is 7.77. The van der Waals surface area contributed by atoms with Gasteiger partial charge in [-0.1, -0.05) is 6.07 Å². The quantitative estimate of drug-likeness (QED) is 0.763. The van der Waals surface area contributed by atoms with E-state index in [1.54, 1.807) is 12.2 Å². The lowest BCUT2D eigenvalue weighted by atomic mass is 10.0. The molecule has 0 bridgehead atoms. The summed E-state index contributed by atoms with van der Waals surface area (Å²) in [5.41, 5.74) is 6.82. The molecule has 0 aliphatic heterocycles. The largest absolute Gasteiger partial charge is 0.359 e. The van der Waals surface area contributed by atoms with Crippen LogP contribution in [0.2, 0.25) is 0 Å². The van der Waals surface area contributed by atoms with Crippen LogP contribution >= 0.6 is 0 Å². The fourth-order valence-corrected chi connectivity index (χ4v) is 2.65. The van der Waals surface area contributed by atoms with E-state index in [0.29, 0.717) is 0 Å². The van der Waals surface area contributed by atoms with Gasteiger partial charge in [0.2, 0.25) is 0 Å². The van der Waals surface area contributed by atoms with Crippen LogP contribution < -0.4 is 10.6 Å². The second-order valence-electron chi connectivity index (χ2n) is 6.01. The first-order valence-electron chi connectivity index (χ1n) is 7.64. The van der Waals surface area contributed by atoms with Crippen LogP contribution in [0.5, 0.6) is 0 Å². The van der Waals surface area contributed by atoms with Gasteiger partial charge in [0.15, 0.2) is 11.6 Å². The molecular weight excluding hydrogens is 288 g/mol. The van der Waals surface area contributed by atoms with Gasteiger partial charge in [-0.15, -0.1) is 0 Å². The Bertz CT molecular complexity index is 642. The Morgan fingerprint density at radius 1 is 0.783 bits per heavy atom. The summed E-state index contributed by atoms with van der Waals surface area (Å²) in [6.07, 6.45) is 3.15. The number of ketones is 2. The van der Waals surface area contributed by atoms with Crippen molar-refractivity contribution >= 4 is 22.9 Å². The molecule has 2 N–H and O–H groups in total. The molecule has 4 heteroatoms. The first-order chi connectivity index (χ1) is 10.6. The molecule has 1 aromatic carbocycles. The topological polar surface area (TPSA) is 58.2 Å². The molecule has 4 nitrogen and oxygen atoms in total. The minimum absolute atomic E-state index is 0.0102. The lowest BCUT2D eigenvalue weighted by molar-refractivity contribution is -0.113. The minimum atomic E-state index is 0.0102. The van der Waals surface area contributed by atoms with Crippen LogP contribution in [-0.4, -0.2) is 11.6 Å². The van der Waals surface area contributed by atoms with E-state index in [-0.39, 0.29) is 11.6 Å². The smallest absolute Gasteiger partial charge is 0.154 e. The Balaban J connectivity index is 3.27. The van der Waals surface area contributed by atoms with E-state index in [2.05, 4.69) is 16.7 Å². The molecule has 0 unspecified atom stereocenters. The maximum atomic E-state index is 11.2.